The molecule has 0 aliphatic carbocycles. The number of pyridine rings is 1. The van der Waals surface area contributed by atoms with E-state index in [9.17, 15) is 14.4 Å². The molecule has 2 N–H and O–H groups in total. The van der Waals surface area contributed by atoms with E-state index in [0.29, 0.717) is 24.2 Å². The number of carbonyl (C=O) groups is 3. The van der Waals surface area contributed by atoms with Crippen molar-refractivity contribution in [3.05, 3.63) is 76.8 Å². The van der Waals surface area contributed by atoms with E-state index in [2.05, 4.69) is 36.4 Å². The molecule has 1 unspecified atom stereocenters. The monoisotopic (exact) mass is 461 g/mol. The van der Waals surface area contributed by atoms with Crippen molar-refractivity contribution in [1.29, 1.82) is 0 Å². The average Bonchev–Trinajstić information content (AvgIpc) is 3.12. The number of carbonyl (C=O) groups excluding carboxylic acids is 3. The van der Waals surface area contributed by atoms with Gasteiger partial charge in [-0.05, 0) is 28.7 Å². The average molecular weight is 462 g/mol. The lowest BCUT2D eigenvalue weighted by molar-refractivity contribution is -0.131. The predicted octanol–water partition coefficient (Wildman–Crippen LogP) is 2.53. The third-order valence-corrected chi connectivity index (χ3v) is 6.31. The van der Waals surface area contributed by atoms with Gasteiger partial charge >= 0.3 is 6.03 Å². The Morgan fingerprint density at radius 3 is 2.53 bits per heavy atom. The quantitative estimate of drug-likeness (QED) is 0.691. The molecule has 1 atom stereocenters. The van der Waals surface area contributed by atoms with Crippen molar-refractivity contribution < 1.29 is 14.4 Å². The van der Waals surface area contributed by atoms with Crippen LogP contribution < -0.4 is 10.6 Å². The summed E-state index contributed by atoms with van der Waals surface area (Å²) in [5, 5.41) is 5.80. The Kier molecular flexibility index (Phi) is 6.41. The minimum absolute atomic E-state index is 0.00288. The van der Waals surface area contributed by atoms with Crippen LogP contribution in [0.3, 0.4) is 0 Å². The SMILES string of the molecule is CN1C(=O)NC(c2ccc(C(C)(C)C)cc2)C2=C1CN(CC(=O)NCCc1ccccn1)C2=O. The number of hydrogen-bond donors (Lipinski definition) is 2. The van der Waals surface area contributed by atoms with Crippen LogP contribution in [0, 0.1) is 0 Å². The van der Waals surface area contributed by atoms with Gasteiger partial charge in [0.15, 0.2) is 0 Å². The van der Waals surface area contributed by atoms with Crippen LogP contribution in [-0.4, -0.2) is 59.3 Å². The molecule has 0 bridgehead atoms. The molecule has 2 aliphatic heterocycles. The number of hydrogen-bond acceptors (Lipinski definition) is 4. The summed E-state index contributed by atoms with van der Waals surface area (Å²) in [6.07, 6.45) is 2.33. The lowest BCUT2D eigenvalue weighted by atomic mass is 9.85. The van der Waals surface area contributed by atoms with Gasteiger partial charge in [0.1, 0.15) is 6.54 Å². The molecule has 1 aromatic heterocycles. The van der Waals surface area contributed by atoms with Gasteiger partial charge in [-0.15, -0.1) is 0 Å². The molecule has 0 saturated carbocycles. The first-order valence-electron chi connectivity index (χ1n) is 11.5. The molecular weight excluding hydrogens is 430 g/mol. The fraction of sp³-hybridized carbons (Fsp3) is 0.385. The highest BCUT2D eigenvalue weighted by molar-refractivity contribution is 6.02. The fourth-order valence-corrected chi connectivity index (χ4v) is 4.28. The van der Waals surface area contributed by atoms with E-state index in [0.717, 1.165) is 11.3 Å². The summed E-state index contributed by atoms with van der Waals surface area (Å²) in [4.78, 5) is 45.7. The largest absolute Gasteiger partial charge is 0.354 e. The summed E-state index contributed by atoms with van der Waals surface area (Å²) in [6.45, 7) is 7.01. The summed E-state index contributed by atoms with van der Waals surface area (Å²) >= 11 is 0. The highest BCUT2D eigenvalue weighted by atomic mass is 16.2. The van der Waals surface area contributed by atoms with E-state index < -0.39 is 6.04 Å². The molecule has 2 aliphatic rings. The number of nitrogens with one attached hydrogen (secondary N) is 2. The lowest BCUT2D eigenvalue weighted by Crippen LogP contribution is -2.45. The Morgan fingerprint density at radius 1 is 1.15 bits per heavy atom. The van der Waals surface area contributed by atoms with Crippen molar-refractivity contribution in [3.63, 3.8) is 0 Å². The summed E-state index contributed by atoms with van der Waals surface area (Å²) in [5.41, 5.74) is 4.07. The van der Waals surface area contributed by atoms with Crippen molar-refractivity contribution in [2.24, 2.45) is 0 Å². The van der Waals surface area contributed by atoms with Gasteiger partial charge in [-0.3, -0.25) is 19.5 Å². The first-order chi connectivity index (χ1) is 16.1. The number of likely N-dealkylation sites (N-methyl/N-ethyl adjacent to an activating group) is 1. The summed E-state index contributed by atoms with van der Waals surface area (Å²) < 4.78 is 0. The maximum atomic E-state index is 13.3. The number of urea groups is 1. The van der Waals surface area contributed by atoms with E-state index in [1.165, 1.54) is 15.4 Å². The number of aromatic nitrogens is 1. The zero-order valence-corrected chi connectivity index (χ0v) is 20.1. The second-order valence-corrected chi connectivity index (χ2v) is 9.76. The van der Waals surface area contributed by atoms with Crippen LogP contribution in [0.15, 0.2) is 59.9 Å². The third kappa shape index (κ3) is 4.81. The van der Waals surface area contributed by atoms with Gasteiger partial charge in [0.2, 0.25) is 5.91 Å². The van der Waals surface area contributed by atoms with Crippen LogP contribution in [0.25, 0.3) is 0 Å². The highest BCUT2D eigenvalue weighted by Crippen LogP contribution is 2.36. The van der Waals surface area contributed by atoms with Crippen LogP contribution in [-0.2, 0) is 21.4 Å². The Labute approximate surface area is 200 Å². The molecule has 0 radical (unpaired) electrons. The summed E-state index contributed by atoms with van der Waals surface area (Å²) in [7, 11) is 1.65. The smallest absolute Gasteiger partial charge is 0.322 e. The standard InChI is InChI=1S/C26H31N5O3/c1-26(2,3)18-10-8-17(9-11-18)23-22-20(30(4)25(34)29-23)15-31(24(22)33)16-21(32)28-14-12-19-7-5-6-13-27-19/h5-11,13,23H,12,14-16H2,1-4H3,(H,28,32)(H,29,34). The molecule has 0 fully saturated rings. The summed E-state index contributed by atoms with van der Waals surface area (Å²) in [6, 6.07) is 12.8. The maximum Gasteiger partial charge on any atom is 0.322 e. The van der Waals surface area contributed by atoms with Crippen molar-refractivity contribution in [3.8, 4) is 0 Å². The zero-order valence-electron chi connectivity index (χ0n) is 20.1. The second kappa shape index (κ2) is 9.29. The molecule has 4 rings (SSSR count). The molecule has 2 aromatic rings. The van der Waals surface area contributed by atoms with Gasteiger partial charge in [0.25, 0.3) is 5.91 Å². The molecule has 4 amide bonds. The van der Waals surface area contributed by atoms with E-state index in [-0.39, 0.29) is 36.3 Å². The first kappa shape index (κ1) is 23.5. The molecule has 34 heavy (non-hydrogen) atoms. The highest BCUT2D eigenvalue weighted by Gasteiger charge is 2.43. The Morgan fingerprint density at radius 2 is 1.88 bits per heavy atom. The lowest BCUT2D eigenvalue weighted by Gasteiger charge is -2.31. The molecule has 8 heteroatoms. The molecule has 178 valence electrons. The minimum Gasteiger partial charge on any atom is -0.354 e. The first-order valence-corrected chi connectivity index (χ1v) is 11.5. The molecular formula is C26H31N5O3. The van der Waals surface area contributed by atoms with E-state index in [1.54, 1.807) is 13.2 Å². The molecule has 3 heterocycles. The van der Waals surface area contributed by atoms with Gasteiger partial charge in [-0.2, -0.15) is 0 Å². The summed E-state index contributed by atoms with van der Waals surface area (Å²) in [5.74, 6) is -0.469. The number of benzene rings is 1. The van der Waals surface area contributed by atoms with Gasteiger partial charge in [-0.25, -0.2) is 4.79 Å². The van der Waals surface area contributed by atoms with Crippen molar-refractivity contribution in [2.75, 3.05) is 26.7 Å². The third-order valence-electron chi connectivity index (χ3n) is 6.31. The van der Waals surface area contributed by atoms with Crippen molar-refractivity contribution in [2.45, 2.75) is 38.6 Å². The zero-order chi connectivity index (χ0) is 24.5. The minimum atomic E-state index is -0.544. The van der Waals surface area contributed by atoms with Crippen LogP contribution in [0.1, 0.15) is 43.6 Å². The Hall–Kier alpha value is -3.68. The predicted molar refractivity (Wildman–Crippen MR) is 129 cm³/mol. The second-order valence-electron chi connectivity index (χ2n) is 9.76. The topological polar surface area (TPSA) is 94.6 Å². The molecule has 1 aromatic carbocycles. The number of nitrogens with zero attached hydrogens (tertiary/aromatic N) is 3. The van der Waals surface area contributed by atoms with Gasteiger partial charge < -0.3 is 15.5 Å². The van der Waals surface area contributed by atoms with Crippen LogP contribution in [0.4, 0.5) is 4.79 Å². The number of amides is 4. The van der Waals surface area contributed by atoms with Gasteiger partial charge in [0, 0.05) is 31.9 Å². The maximum absolute atomic E-state index is 13.3. The van der Waals surface area contributed by atoms with Gasteiger partial charge in [0.05, 0.1) is 23.9 Å². The Balaban J connectivity index is 1.45. The van der Waals surface area contributed by atoms with Crippen molar-refractivity contribution >= 4 is 17.8 Å². The number of rotatable bonds is 6. The molecule has 0 spiro atoms. The fourth-order valence-electron chi connectivity index (χ4n) is 4.28. The van der Waals surface area contributed by atoms with E-state index in [4.69, 9.17) is 0 Å². The van der Waals surface area contributed by atoms with E-state index >= 15 is 0 Å². The Bertz CT molecular complexity index is 1120. The van der Waals surface area contributed by atoms with Crippen LogP contribution in [0.5, 0.6) is 0 Å². The molecule has 8 nitrogen and oxygen atoms in total. The van der Waals surface area contributed by atoms with Crippen LogP contribution >= 0.6 is 0 Å². The van der Waals surface area contributed by atoms with Crippen molar-refractivity contribution in [1.82, 2.24) is 25.4 Å². The van der Waals surface area contributed by atoms with Crippen LogP contribution in [0.2, 0.25) is 0 Å². The molecule has 0 saturated heterocycles. The van der Waals surface area contributed by atoms with Gasteiger partial charge in [-0.1, -0.05) is 51.1 Å². The van der Waals surface area contributed by atoms with E-state index in [1.807, 2.05) is 42.5 Å². The normalized spacial score (nSPS) is 18.2.